The lowest BCUT2D eigenvalue weighted by Gasteiger charge is -1.98. The van der Waals surface area contributed by atoms with Crippen LogP contribution in [-0.4, -0.2) is 14.5 Å². The summed E-state index contributed by atoms with van der Waals surface area (Å²) in [5.74, 6) is 0. The van der Waals surface area contributed by atoms with Crippen molar-refractivity contribution in [1.82, 2.24) is 14.5 Å². The maximum atomic E-state index is 4.37. The van der Waals surface area contributed by atoms with Gasteiger partial charge >= 0.3 is 0 Å². The Balaban J connectivity index is 2.92. The van der Waals surface area contributed by atoms with E-state index in [0.717, 1.165) is 22.4 Å². The van der Waals surface area contributed by atoms with Crippen LogP contribution in [0, 0.1) is 20.2 Å². The normalized spacial score (nSPS) is 10.9. The highest BCUT2D eigenvalue weighted by Gasteiger charge is 2.04. The zero-order valence-electron chi connectivity index (χ0n) is 7.42. The summed E-state index contributed by atoms with van der Waals surface area (Å²) in [6, 6.07) is 2.03. The second kappa shape index (κ2) is 2.30. The number of aromatic nitrogens is 3. The number of pyridine rings is 1. The molecule has 3 nitrogen and oxygen atoms in total. The van der Waals surface area contributed by atoms with Crippen molar-refractivity contribution in [3.8, 4) is 0 Å². The Morgan fingerprint density at radius 2 is 2.17 bits per heavy atom. The van der Waals surface area contributed by atoms with Crippen molar-refractivity contribution in [3.63, 3.8) is 0 Å². The lowest BCUT2D eigenvalue weighted by molar-refractivity contribution is 0.916. The average molecular weight is 160 g/mol. The number of fused-ring (bicyclic) bond motifs is 1. The van der Waals surface area contributed by atoms with Gasteiger partial charge in [-0.3, -0.25) is 0 Å². The number of aryl methyl sites for hydroxylation is 3. The summed E-state index contributed by atoms with van der Waals surface area (Å²) in [5, 5.41) is 0. The van der Waals surface area contributed by atoms with Crippen LogP contribution >= 0.6 is 0 Å². The first-order valence-corrected chi connectivity index (χ1v) is 3.87. The summed E-state index contributed by atoms with van der Waals surface area (Å²) in [6.45, 7) is 4.03. The molecule has 12 heavy (non-hydrogen) atoms. The highest BCUT2D eigenvalue weighted by Crippen LogP contribution is 2.14. The second-order valence-corrected chi connectivity index (χ2v) is 3.02. The summed E-state index contributed by atoms with van der Waals surface area (Å²) in [7, 11) is 1.90. The van der Waals surface area contributed by atoms with Crippen LogP contribution in [0.15, 0.2) is 6.07 Å². The molecule has 0 atom stereocenters. The molecule has 61 valence electrons. The summed E-state index contributed by atoms with van der Waals surface area (Å²) in [6.07, 6.45) is 2.85. The van der Waals surface area contributed by atoms with Crippen LogP contribution in [0.5, 0.6) is 0 Å². The van der Waals surface area contributed by atoms with E-state index in [-0.39, 0.29) is 0 Å². The second-order valence-electron chi connectivity index (χ2n) is 3.02. The van der Waals surface area contributed by atoms with E-state index >= 15 is 0 Å². The fraction of sp³-hybridized carbons (Fsp3) is 0.333. The molecule has 0 saturated heterocycles. The lowest BCUT2D eigenvalue weighted by atomic mass is 10.2. The summed E-state index contributed by atoms with van der Waals surface area (Å²) in [5.41, 5.74) is 4.04. The first-order chi connectivity index (χ1) is 5.68. The van der Waals surface area contributed by atoms with E-state index in [1.54, 1.807) is 0 Å². The Labute approximate surface area is 71.1 Å². The fourth-order valence-electron chi connectivity index (χ4n) is 1.35. The summed E-state index contributed by atoms with van der Waals surface area (Å²) < 4.78 is 1.81. The highest BCUT2D eigenvalue weighted by molar-refractivity contribution is 5.74. The van der Waals surface area contributed by atoms with Crippen molar-refractivity contribution in [1.29, 1.82) is 0 Å². The Bertz CT molecular complexity index is 429. The highest BCUT2D eigenvalue weighted by atomic mass is 15.1. The molecule has 0 N–H and O–H groups in total. The molecule has 2 aromatic rings. The lowest BCUT2D eigenvalue weighted by Crippen LogP contribution is -1.91. The minimum atomic E-state index is 0.910. The zero-order chi connectivity index (χ0) is 8.72. The molecule has 2 rings (SSSR count). The number of nitrogens with zero attached hydrogens (tertiary/aromatic N) is 3. The van der Waals surface area contributed by atoms with Gasteiger partial charge in [-0.1, -0.05) is 0 Å². The van der Waals surface area contributed by atoms with E-state index in [4.69, 9.17) is 0 Å². The van der Waals surface area contributed by atoms with Gasteiger partial charge in [0.05, 0.1) is 0 Å². The van der Waals surface area contributed by atoms with Crippen molar-refractivity contribution in [2.45, 2.75) is 13.8 Å². The molecular formula is C9H10N3. The predicted molar refractivity (Wildman–Crippen MR) is 46.8 cm³/mol. The fourth-order valence-corrected chi connectivity index (χ4v) is 1.35. The zero-order valence-corrected chi connectivity index (χ0v) is 7.42. The van der Waals surface area contributed by atoms with Gasteiger partial charge in [0.25, 0.3) is 0 Å². The van der Waals surface area contributed by atoms with Crippen LogP contribution in [0.25, 0.3) is 11.2 Å². The summed E-state index contributed by atoms with van der Waals surface area (Å²) >= 11 is 0. The first kappa shape index (κ1) is 7.28. The monoisotopic (exact) mass is 160 g/mol. The molecule has 0 spiro atoms. The molecule has 0 aromatic carbocycles. The van der Waals surface area contributed by atoms with Gasteiger partial charge in [0.2, 0.25) is 0 Å². The van der Waals surface area contributed by atoms with Gasteiger partial charge in [-0.15, -0.1) is 0 Å². The van der Waals surface area contributed by atoms with E-state index in [0.29, 0.717) is 0 Å². The molecule has 2 aromatic heterocycles. The molecule has 0 unspecified atom stereocenters. The molecule has 0 bridgehead atoms. The molecule has 0 aliphatic rings. The van der Waals surface area contributed by atoms with Crippen LogP contribution in [0.4, 0.5) is 0 Å². The Morgan fingerprint density at radius 3 is 2.92 bits per heavy atom. The van der Waals surface area contributed by atoms with Crippen LogP contribution in [0.1, 0.15) is 11.3 Å². The molecule has 0 amide bonds. The van der Waals surface area contributed by atoms with Crippen LogP contribution in [0.3, 0.4) is 0 Å². The molecule has 0 aliphatic carbocycles. The third-order valence-electron chi connectivity index (χ3n) is 1.92. The van der Waals surface area contributed by atoms with E-state index in [9.17, 15) is 0 Å². The van der Waals surface area contributed by atoms with E-state index in [2.05, 4.69) is 16.3 Å². The van der Waals surface area contributed by atoms with Crippen LogP contribution < -0.4 is 0 Å². The largest absolute Gasteiger partial charge is 0.309 e. The Hall–Kier alpha value is -1.38. The van der Waals surface area contributed by atoms with Gasteiger partial charge < -0.3 is 4.57 Å². The minimum Gasteiger partial charge on any atom is -0.309 e. The molecule has 3 heteroatoms. The van der Waals surface area contributed by atoms with Crippen molar-refractivity contribution in [2.24, 2.45) is 7.05 Å². The van der Waals surface area contributed by atoms with Gasteiger partial charge in [0.1, 0.15) is 5.52 Å². The quantitative estimate of drug-likeness (QED) is 0.583. The standard InChI is InChI=1S/C9H10N3/c1-6-4-7(2)11-9-8(6)10-5-12(9)3/h4H,1-3H3. The Kier molecular flexibility index (Phi) is 1.40. The van der Waals surface area contributed by atoms with Gasteiger partial charge in [-0.05, 0) is 25.5 Å². The van der Waals surface area contributed by atoms with Crippen molar-refractivity contribution < 1.29 is 0 Å². The maximum absolute atomic E-state index is 4.37. The average Bonchev–Trinajstić information content (AvgIpc) is 2.33. The number of imidazole rings is 1. The van der Waals surface area contributed by atoms with Crippen molar-refractivity contribution in [2.75, 3.05) is 0 Å². The SMILES string of the molecule is Cc1cc(C)c2n[c]n(C)c2n1. The topological polar surface area (TPSA) is 30.7 Å². The molecule has 0 fully saturated rings. The minimum absolute atomic E-state index is 0.910. The van der Waals surface area contributed by atoms with Gasteiger partial charge in [-0.2, -0.15) is 0 Å². The molecule has 1 radical (unpaired) electrons. The van der Waals surface area contributed by atoms with E-state index < -0.39 is 0 Å². The van der Waals surface area contributed by atoms with E-state index in [1.807, 2.05) is 31.5 Å². The molecule has 0 aliphatic heterocycles. The number of rotatable bonds is 0. The molecular weight excluding hydrogens is 150 g/mol. The predicted octanol–water partition coefficient (Wildman–Crippen LogP) is 1.39. The van der Waals surface area contributed by atoms with Crippen LogP contribution in [-0.2, 0) is 7.05 Å². The molecule has 2 heterocycles. The van der Waals surface area contributed by atoms with Crippen molar-refractivity contribution >= 4 is 11.2 Å². The third kappa shape index (κ3) is 0.897. The van der Waals surface area contributed by atoms with Crippen LogP contribution in [0.2, 0.25) is 0 Å². The van der Waals surface area contributed by atoms with Gasteiger partial charge in [0.15, 0.2) is 12.0 Å². The number of hydrogen-bond acceptors (Lipinski definition) is 2. The summed E-state index contributed by atoms with van der Waals surface area (Å²) in [4.78, 5) is 8.50. The molecule has 0 saturated carbocycles. The van der Waals surface area contributed by atoms with Gasteiger partial charge in [-0.25, -0.2) is 9.97 Å². The third-order valence-corrected chi connectivity index (χ3v) is 1.92. The first-order valence-electron chi connectivity index (χ1n) is 3.87. The van der Waals surface area contributed by atoms with E-state index in [1.165, 1.54) is 0 Å². The van der Waals surface area contributed by atoms with Crippen molar-refractivity contribution in [3.05, 3.63) is 23.7 Å². The van der Waals surface area contributed by atoms with Gasteiger partial charge in [0, 0.05) is 12.7 Å². The Morgan fingerprint density at radius 1 is 1.42 bits per heavy atom. The smallest absolute Gasteiger partial charge is 0.178 e. The maximum Gasteiger partial charge on any atom is 0.178 e. The number of hydrogen-bond donors (Lipinski definition) is 0.